The first-order chi connectivity index (χ1) is 17.9. The van der Waals surface area contributed by atoms with Gasteiger partial charge in [0.15, 0.2) is 5.82 Å². The number of halogens is 1. The number of hydrogen-bond donors (Lipinski definition) is 1. The summed E-state index contributed by atoms with van der Waals surface area (Å²) in [4.78, 5) is 35.0. The van der Waals surface area contributed by atoms with E-state index in [-0.39, 0.29) is 5.56 Å². The van der Waals surface area contributed by atoms with E-state index < -0.39 is 11.5 Å². The molecule has 3 aromatic heterocycles. The average Bonchev–Trinajstić information content (AvgIpc) is 3.12. The molecule has 3 heterocycles. The van der Waals surface area contributed by atoms with Crippen molar-refractivity contribution in [3.05, 3.63) is 99.7 Å². The molecule has 0 unspecified atom stereocenters. The molecule has 0 bridgehead atoms. The molecule has 1 amide bonds. The van der Waals surface area contributed by atoms with Gasteiger partial charge in [-0.25, -0.2) is 4.98 Å². The first-order valence-electron chi connectivity index (χ1n) is 11.3. The van der Waals surface area contributed by atoms with Crippen molar-refractivity contribution in [2.75, 3.05) is 12.4 Å². The number of pyridine rings is 2. The van der Waals surface area contributed by atoms with Crippen LogP contribution in [0.2, 0.25) is 5.02 Å². The number of carbonyl (C=O) groups excluding carboxylic acids is 1. The number of benzene rings is 2. The Hall–Kier alpha value is -4.63. The minimum atomic E-state index is -0.528. The molecule has 1 N–H and O–H groups in total. The zero-order valence-electron chi connectivity index (χ0n) is 20.2. The quantitative estimate of drug-likeness (QED) is 0.336. The van der Waals surface area contributed by atoms with Crippen LogP contribution in [0.4, 0.5) is 5.69 Å². The highest BCUT2D eigenvalue weighted by Gasteiger charge is 2.23. The van der Waals surface area contributed by atoms with Gasteiger partial charge in [-0.05, 0) is 55.5 Å². The van der Waals surface area contributed by atoms with Crippen LogP contribution in [-0.2, 0) is 7.05 Å². The molecule has 5 aromatic rings. The lowest BCUT2D eigenvalue weighted by molar-refractivity contribution is 0.102. The number of nitrogens with one attached hydrogen (secondary N) is 1. The number of rotatable bonds is 6. The molecule has 0 radical (unpaired) electrons. The van der Waals surface area contributed by atoms with Gasteiger partial charge in [-0.1, -0.05) is 17.7 Å². The van der Waals surface area contributed by atoms with Crippen LogP contribution in [0.3, 0.4) is 0 Å². The summed E-state index contributed by atoms with van der Waals surface area (Å²) < 4.78 is 14.2. The summed E-state index contributed by atoms with van der Waals surface area (Å²) in [6, 6.07) is 17.4. The summed E-state index contributed by atoms with van der Waals surface area (Å²) in [6.45, 7) is 1.70. The second-order valence-electron chi connectivity index (χ2n) is 8.21. The van der Waals surface area contributed by atoms with Crippen molar-refractivity contribution in [2.24, 2.45) is 7.05 Å². The van der Waals surface area contributed by atoms with Crippen molar-refractivity contribution in [3.63, 3.8) is 0 Å². The summed E-state index contributed by atoms with van der Waals surface area (Å²) in [5.74, 6) is 1.60. The van der Waals surface area contributed by atoms with Crippen LogP contribution >= 0.6 is 11.6 Å². The van der Waals surface area contributed by atoms with Crippen LogP contribution in [0.5, 0.6) is 17.2 Å². The SMILES string of the molecule is COc1ccc2c(Oc3ccc(-n4c(=O)c(C(=O)Nc5cccc(Cl)c5)c(C)n4C)nc3)ccnc2c1. The van der Waals surface area contributed by atoms with Gasteiger partial charge in [-0.3, -0.25) is 19.3 Å². The van der Waals surface area contributed by atoms with Gasteiger partial charge in [0.05, 0.1) is 24.5 Å². The van der Waals surface area contributed by atoms with E-state index in [2.05, 4.69) is 15.3 Å². The van der Waals surface area contributed by atoms with E-state index >= 15 is 0 Å². The summed E-state index contributed by atoms with van der Waals surface area (Å²) in [5.41, 5.74) is 1.24. The molecule has 2 aromatic carbocycles. The van der Waals surface area contributed by atoms with E-state index in [0.717, 1.165) is 10.9 Å². The predicted octanol–water partition coefficient (Wildman–Crippen LogP) is 5.13. The largest absolute Gasteiger partial charge is 0.497 e. The number of amides is 1. The Balaban J connectivity index is 1.42. The van der Waals surface area contributed by atoms with Crippen molar-refractivity contribution in [1.29, 1.82) is 0 Å². The van der Waals surface area contributed by atoms with E-state index in [9.17, 15) is 9.59 Å². The predicted molar refractivity (Wildman–Crippen MR) is 141 cm³/mol. The van der Waals surface area contributed by atoms with Crippen LogP contribution in [0, 0.1) is 6.92 Å². The monoisotopic (exact) mass is 515 g/mol. The molecule has 0 atom stereocenters. The number of methoxy groups -OCH3 is 1. The van der Waals surface area contributed by atoms with Crippen molar-refractivity contribution in [1.82, 2.24) is 19.3 Å². The van der Waals surface area contributed by atoms with Crippen molar-refractivity contribution >= 4 is 34.1 Å². The van der Waals surface area contributed by atoms with Crippen LogP contribution in [-0.4, -0.2) is 32.3 Å². The number of nitrogens with zero attached hydrogens (tertiary/aromatic N) is 4. The standard InChI is InChI=1S/C27H22ClN5O4/c1-16-25(26(34)31-18-6-4-5-17(28)13-18)27(35)33(32(16)2)24-10-8-20(15-30-24)37-23-11-12-29-22-14-19(36-3)7-9-21(22)23/h4-15H,1-3H3,(H,31,34). The molecule has 0 fully saturated rings. The van der Waals surface area contributed by atoms with Crippen LogP contribution in [0.15, 0.2) is 77.9 Å². The van der Waals surface area contributed by atoms with Crippen LogP contribution < -0.4 is 20.3 Å². The maximum absolute atomic E-state index is 13.3. The summed E-state index contributed by atoms with van der Waals surface area (Å²) in [5, 5.41) is 4.02. The van der Waals surface area contributed by atoms with E-state index in [1.165, 1.54) is 10.9 Å². The van der Waals surface area contributed by atoms with E-state index in [4.69, 9.17) is 21.1 Å². The molecular formula is C27H22ClN5O4. The molecule has 0 aliphatic carbocycles. The van der Waals surface area contributed by atoms with Gasteiger partial charge in [0, 0.05) is 35.4 Å². The molecular weight excluding hydrogens is 494 g/mol. The minimum Gasteiger partial charge on any atom is -0.497 e. The Labute approximate surface area is 216 Å². The summed E-state index contributed by atoms with van der Waals surface area (Å²) in [7, 11) is 3.29. The van der Waals surface area contributed by atoms with E-state index in [1.807, 2.05) is 18.2 Å². The number of aromatic nitrogens is 4. The average molecular weight is 516 g/mol. The van der Waals surface area contributed by atoms with Crippen molar-refractivity contribution in [3.8, 4) is 23.1 Å². The molecule has 0 saturated carbocycles. The summed E-state index contributed by atoms with van der Waals surface area (Å²) in [6.07, 6.45) is 3.17. The fourth-order valence-corrected chi connectivity index (χ4v) is 4.18. The second-order valence-corrected chi connectivity index (χ2v) is 8.65. The molecule has 0 spiro atoms. The second kappa shape index (κ2) is 9.79. The third-order valence-corrected chi connectivity index (χ3v) is 6.17. The molecule has 186 valence electrons. The first kappa shape index (κ1) is 24.1. The number of hydrogen-bond acceptors (Lipinski definition) is 6. The molecule has 37 heavy (non-hydrogen) atoms. The Kier molecular flexibility index (Phi) is 6.37. The summed E-state index contributed by atoms with van der Waals surface area (Å²) >= 11 is 6.00. The number of fused-ring (bicyclic) bond motifs is 1. The van der Waals surface area contributed by atoms with Gasteiger partial charge in [-0.2, -0.15) is 4.68 Å². The highest BCUT2D eigenvalue weighted by molar-refractivity contribution is 6.31. The van der Waals surface area contributed by atoms with Crippen LogP contribution in [0.1, 0.15) is 16.1 Å². The number of anilines is 1. The zero-order valence-corrected chi connectivity index (χ0v) is 21.0. The molecule has 0 saturated heterocycles. The molecule has 0 aliphatic rings. The third-order valence-electron chi connectivity index (χ3n) is 5.94. The Morgan fingerprint density at radius 2 is 1.84 bits per heavy atom. The number of ether oxygens (including phenoxy) is 2. The van der Waals surface area contributed by atoms with Gasteiger partial charge < -0.3 is 14.8 Å². The Morgan fingerprint density at radius 3 is 2.57 bits per heavy atom. The molecule has 0 aliphatic heterocycles. The minimum absolute atomic E-state index is 0.0169. The van der Waals surface area contributed by atoms with Crippen LogP contribution in [0.25, 0.3) is 16.7 Å². The van der Waals surface area contributed by atoms with Crippen molar-refractivity contribution < 1.29 is 14.3 Å². The lowest BCUT2D eigenvalue weighted by Gasteiger charge is -2.11. The maximum atomic E-state index is 13.3. The fraction of sp³-hybridized carbons (Fsp3) is 0.111. The molecule has 9 nitrogen and oxygen atoms in total. The topological polar surface area (TPSA) is 100 Å². The van der Waals surface area contributed by atoms with Gasteiger partial charge in [0.2, 0.25) is 0 Å². The smallest absolute Gasteiger partial charge is 0.285 e. The van der Waals surface area contributed by atoms with E-state index in [0.29, 0.717) is 39.5 Å². The molecule has 5 rings (SSSR count). The highest BCUT2D eigenvalue weighted by atomic mass is 35.5. The highest BCUT2D eigenvalue weighted by Crippen LogP contribution is 2.30. The fourth-order valence-electron chi connectivity index (χ4n) is 3.99. The van der Waals surface area contributed by atoms with Crippen molar-refractivity contribution in [2.45, 2.75) is 6.92 Å². The Morgan fingerprint density at radius 1 is 1.03 bits per heavy atom. The zero-order chi connectivity index (χ0) is 26.1. The Bertz CT molecular complexity index is 1690. The molecule has 10 heteroatoms. The first-order valence-corrected chi connectivity index (χ1v) is 11.7. The van der Waals surface area contributed by atoms with E-state index in [1.54, 1.807) is 74.4 Å². The lowest BCUT2D eigenvalue weighted by Crippen LogP contribution is -2.25. The third kappa shape index (κ3) is 4.64. The van der Waals surface area contributed by atoms with Gasteiger partial charge >= 0.3 is 0 Å². The maximum Gasteiger partial charge on any atom is 0.285 e. The van der Waals surface area contributed by atoms with Gasteiger partial charge in [0.1, 0.15) is 22.8 Å². The van der Waals surface area contributed by atoms with Gasteiger partial charge in [0.25, 0.3) is 11.5 Å². The van der Waals surface area contributed by atoms with Gasteiger partial charge in [-0.15, -0.1) is 0 Å². The number of carbonyl (C=O) groups is 1. The lowest BCUT2D eigenvalue weighted by atomic mass is 10.2. The normalized spacial score (nSPS) is 10.9.